The summed E-state index contributed by atoms with van der Waals surface area (Å²) in [7, 11) is 0. The molecule has 1 aliphatic rings. The second-order valence-corrected chi connectivity index (χ2v) is 17.0. The number of ether oxygens (including phenoxy) is 1. The minimum absolute atomic E-state index is 0. The van der Waals surface area contributed by atoms with Gasteiger partial charge < -0.3 is 26.5 Å². The van der Waals surface area contributed by atoms with Crippen molar-refractivity contribution in [3.63, 3.8) is 0 Å². The van der Waals surface area contributed by atoms with Gasteiger partial charge in [-0.3, -0.25) is 0 Å². The Labute approximate surface area is 380 Å². The third-order valence-electron chi connectivity index (χ3n) is 11.8. The molecule has 0 spiro atoms. The Balaban J connectivity index is 0.00000264. The summed E-state index contributed by atoms with van der Waals surface area (Å²) in [5.41, 5.74) is 11.6. The number of fused-ring (bicyclic) bond motifs is 4. The molecule has 308 valence electrons. The van der Waals surface area contributed by atoms with E-state index in [0.717, 1.165) is 61.5 Å². The molecule has 0 aliphatic carbocycles. The first-order valence-corrected chi connectivity index (χ1v) is 20.5. The van der Waals surface area contributed by atoms with Gasteiger partial charge in [-0.25, -0.2) is 4.98 Å². The van der Waals surface area contributed by atoms with Crippen molar-refractivity contribution in [3.8, 4) is 28.4 Å². The zero-order chi connectivity index (χ0) is 41.0. The van der Waals surface area contributed by atoms with Crippen LogP contribution in [0.2, 0.25) is 0 Å². The molecule has 0 bridgehead atoms. The van der Waals surface area contributed by atoms with E-state index in [1.54, 1.807) is 0 Å². The summed E-state index contributed by atoms with van der Waals surface area (Å²) < 4.78 is 9.03. The number of anilines is 4. The van der Waals surface area contributed by atoms with Crippen molar-refractivity contribution < 1.29 is 25.8 Å². The van der Waals surface area contributed by atoms with Gasteiger partial charge in [-0.2, -0.15) is 6.07 Å². The van der Waals surface area contributed by atoms with Gasteiger partial charge >= 0.3 is 21.1 Å². The molecule has 2 aromatic heterocycles. The first kappa shape index (κ1) is 42.3. The van der Waals surface area contributed by atoms with Crippen molar-refractivity contribution in [1.82, 2.24) is 9.55 Å². The number of hydrogen-bond acceptors (Lipinski definition) is 4. The summed E-state index contributed by atoms with van der Waals surface area (Å²) in [5, 5.41) is 2.22. The van der Waals surface area contributed by atoms with Crippen LogP contribution in [0, 0.1) is 26.2 Å². The smallest absolute Gasteiger partial charge is 0.509 e. The third-order valence-corrected chi connectivity index (χ3v) is 11.8. The summed E-state index contributed by atoms with van der Waals surface area (Å²) in [6.45, 7) is 13.5. The Kier molecular flexibility index (Phi) is 11.5. The van der Waals surface area contributed by atoms with Crippen LogP contribution in [-0.4, -0.2) is 9.55 Å². The van der Waals surface area contributed by atoms with Gasteiger partial charge in [-0.05, 0) is 69.5 Å². The van der Waals surface area contributed by atoms with Gasteiger partial charge in [-0.15, -0.1) is 53.6 Å². The minimum Gasteiger partial charge on any atom is -0.509 e. The van der Waals surface area contributed by atoms with E-state index >= 15 is 0 Å². The Bertz CT molecular complexity index is 3020. The third kappa shape index (κ3) is 7.60. The molecule has 1 aliphatic heterocycles. The Morgan fingerprint density at radius 3 is 1.94 bits per heavy atom. The fraction of sp³-hybridized carbons (Fsp3) is 0.125. The SMILES string of the molecule is CC(C)(C)c1ccnc(-n2c3[c-]c(Oc4[c-]c(N5[CH-]N(c6ccccc6C(C)(C)c6ccccc6)c6ccccc65)cc(-c5ccccc5)c4)ccc3c3ccccc32)c1.[CH3-].[Pt+4]. The molecule has 10 rings (SSSR count). The number of pyridine rings is 1. The fourth-order valence-electron chi connectivity index (χ4n) is 8.53. The normalized spacial score (nSPS) is 12.5. The van der Waals surface area contributed by atoms with Gasteiger partial charge in [0.05, 0.1) is 0 Å². The molecule has 0 fully saturated rings. The van der Waals surface area contributed by atoms with Gasteiger partial charge in [0.2, 0.25) is 0 Å². The maximum Gasteiger partial charge on any atom is 4.00 e. The van der Waals surface area contributed by atoms with Crippen molar-refractivity contribution in [2.75, 3.05) is 9.80 Å². The van der Waals surface area contributed by atoms with Crippen molar-refractivity contribution in [3.05, 3.63) is 219 Å². The molecular weight excluding hydrogens is 940 g/mol. The molecule has 0 unspecified atom stereocenters. The molecule has 7 aromatic carbocycles. The summed E-state index contributed by atoms with van der Waals surface area (Å²) in [4.78, 5) is 9.40. The van der Waals surface area contributed by atoms with E-state index in [2.05, 4.69) is 226 Å². The van der Waals surface area contributed by atoms with Gasteiger partial charge in [0.25, 0.3) is 0 Å². The average Bonchev–Trinajstić information content (AvgIpc) is 3.83. The molecule has 0 saturated carbocycles. The molecule has 0 radical (unpaired) electrons. The molecule has 0 amide bonds. The van der Waals surface area contributed by atoms with Gasteiger partial charge in [0.1, 0.15) is 5.82 Å². The number of para-hydroxylation sites is 4. The maximum absolute atomic E-state index is 6.83. The molecule has 3 heterocycles. The van der Waals surface area contributed by atoms with Gasteiger partial charge in [-0.1, -0.05) is 149 Å². The van der Waals surface area contributed by atoms with Crippen molar-refractivity contribution in [2.45, 2.75) is 45.4 Å². The topological polar surface area (TPSA) is 33.5 Å². The van der Waals surface area contributed by atoms with Gasteiger partial charge in [0.15, 0.2) is 0 Å². The molecule has 9 aromatic rings. The molecule has 5 nitrogen and oxygen atoms in total. The van der Waals surface area contributed by atoms with E-state index in [-0.39, 0.29) is 39.3 Å². The Morgan fingerprint density at radius 2 is 1.19 bits per heavy atom. The zero-order valence-corrected chi connectivity index (χ0v) is 38.1. The molecule has 0 atom stereocenters. The molecule has 62 heavy (non-hydrogen) atoms. The number of nitrogens with zero attached hydrogens (tertiary/aromatic N) is 4. The van der Waals surface area contributed by atoms with E-state index < -0.39 is 0 Å². The second kappa shape index (κ2) is 16.8. The molecule has 0 saturated heterocycles. The van der Waals surface area contributed by atoms with E-state index in [1.165, 1.54) is 16.7 Å². The maximum atomic E-state index is 6.83. The minimum atomic E-state index is -0.247. The average molecular weight is 988 g/mol. The number of aromatic nitrogens is 2. The van der Waals surface area contributed by atoms with E-state index in [9.17, 15) is 0 Å². The Morgan fingerprint density at radius 1 is 0.548 bits per heavy atom. The van der Waals surface area contributed by atoms with Crippen molar-refractivity contribution in [2.24, 2.45) is 0 Å². The van der Waals surface area contributed by atoms with Crippen LogP contribution in [0.3, 0.4) is 0 Å². The van der Waals surface area contributed by atoms with Crippen LogP contribution in [0.25, 0.3) is 38.8 Å². The number of rotatable bonds is 8. The first-order chi connectivity index (χ1) is 29.1. The largest absolute Gasteiger partial charge is 4.00 e. The zero-order valence-electron chi connectivity index (χ0n) is 35.8. The van der Waals surface area contributed by atoms with Gasteiger partial charge in [0, 0.05) is 45.7 Å². The van der Waals surface area contributed by atoms with Crippen LogP contribution >= 0.6 is 0 Å². The van der Waals surface area contributed by atoms with E-state index in [4.69, 9.17) is 9.72 Å². The summed E-state index contributed by atoms with van der Waals surface area (Å²) >= 11 is 0. The molecular formula is C56H48N4OPt. The second-order valence-electron chi connectivity index (χ2n) is 17.0. The van der Waals surface area contributed by atoms with Crippen LogP contribution in [0.4, 0.5) is 22.7 Å². The van der Waals surface area contributed by atoms with Crippen molar-refractivity contribution >= 4 is 44.6 Å². The summed E-state index contributed by atoms with van der Waals surface area (Å²) in [6.07, 6.45) is 1.90. The number of hydrogen-bond donors (Lipinski definition) is 0. The molecule has 6 heteroatoms. The number of benzene rings is 7. The first-order valence-electron chi connectivity index (χ1n) is 20.5. The molecule has 0 N–H and O–H groups in total. The van der Waals surface area contributed by atoms with Crippen molar-refractivity contribution in [1.29, 1.82) is 0 Å². The standard InChI is InChI=1S/C55H45N4O.CH3.Pt/c1-54(2,3)41-30-31-56-53(34-41)59-48-24-14-12-22-45(48)46-29-28-43(36-52(46)59)60-44-33-39(38-18-8-6-9-19-38)32-42(35-44)57-37-58(51-27-17-16-26-50(51)57)49-25-15-13-23-47(49)55(4,5)40-20-10-7-11-21-40;;/h6-34,37H,1-5H3;1H3;/q-3;-1;+4. The fourth-order valence-corrected chi connectivity index (χ4v) is 8.53. The van der Waals surface area contributed by atoms with E-state index in [0.29, 0.717) is 11.5 Å². The van der Waals surface area contributed by atoms with E-state index in [1.807, 2.05) is 18.3 Å². The summed E-state index contributed by atoms with van der Waals surface area (Å²) in [5.74, 6) is 2.03. The predicted octanol–water partition coefficient (Wildman–Crippen LogP) is 14.7. The van der Waals surface area contributed by atoms with Crippen LogP contribution in [0.5, 0.6) is 11.5 Å². The van der Waals surface area contributed by atoms with Crippen LogP contribution in [0.15, 0.2) is 176 Å². The van der Waals surface area contributed by atoms with Crippen LogP contribution < -0.4 is 14.5 Å². The van der Waals surface area contributed by atoms with Crippen LogP contribution in [-0.2, 0) is 31.9 Å². The predicted molar refractivity (Wildman–Crippen MR) is 253 cm³/mol. The van der Waals surface area contributed by atoms with Crippen LogP contribution in [0.1, 0.15) is 51.3 Å². The summed E-state index contributed by atoms with van der Waals surface area (Å²) in [6, 6.07) is 67.0. The Hall–Kier alpha value is -6.42. The quantitative estimate of drug-likeness (QED) is 0.142. The monoisotopic (exact) mass is 987 g/mol.